The lowest BCUT2D eigenvalue weighted by molar-refractivity contribution is -0.00758. The van der Waals surface area contributed by atoms with Gasteiger partial charge in [0.1, 0.15) is 5.82 Å². The van der Waals surface area contributed by atoms with Gasteiger partial charge in [-0.3, -0.25) is 11.3 Å². The highest BCUT2D eigenvalue weighted by atomic mass is 35.5. The van der Waals surface area contributed by atoms with Crippen LogP contribution in [0, 0.1) is 5.82 Å². The third-order valence-electron chi connectivity index (χ3n) is 3.35. The Balaban J connectivity index is 2.07. The number of nitrogens with two attached hydrogens (primary N) is 1. The van der Waals surface area contributed by atoms with Crippen LogP contribution in [0.5, 0.6) is 0 Å². The number of hydrogen-bond acceptors (Lipinski definition) is 3. The second-order valence-corrected chi connectivity index (χ2v) is 5.00. The van der Waals surface area contributed by atoms with Crippen LogP contribution < -0.4 is 11.3 Å². The summed E-state index contributed by atoms with van der Waals surface area (Å²) in [6.07, 6.45) is 3.69. The van der Waals surface area contributed by atoms with Crippen LogP contribution in [0.15, 0.2) is 18.2 Å². The van der Waals surface area contributed by atoms with E-state index >= 15 is 0 Å². The highest BCUT2D eigenvalue weighted by molar-refractivity contribution is 6.30. The van der Waals surface area contributed by atoms with E-state index in [1.54, 1.807) is 18.2 Å². The zero-order chi connectivity index (χ0) is 13.0. The molecular weight excluding hydrogens is 255 g/mol. The van der Waals surface area contributed by atoms with E-state index in [0.717, 1.165) is 25.9 Å². The van der Waals surface area contributed by atoms with E-state index in [1.165, 1.54) is 0 Å². The Morgan fingerprint density at radius 3 is 3.00 bits per heavy atom. The van der Waals surface area contributed by atoms with E-state index in [0.29, 0.717) is 12.0 Å². The highest BCUT2D eigenvalue weighted by Gasteiger charge is 2.25. The predicted molar refractivity (Wildman–Crippen MR) is 69.8 cm³/mol. The molecule has 1 aliphatic heterocycles. The molecule has 1 fully saturated rings. The fourth-order valence-electron chi connectivity index (χ4n) is 2.32. The lowest BCUT2D eigenvalue weighted by atomic mass is 9.96. The van der Waals surface area contributed by atoms with E-state index < -0.39 is 0 Å². The second-order valence-electron chi connectivity index (χ2n) is 4.60. The third-order valence-corrected chi connectivity index (χ3v) is 3.64. The molecule has 1 aliphatic rings. The lowest BCUT2D eigenvalue weighted by Gasteiger charge is -2.30. The molecule has 0 aliphatic carbocycles. The van der Waals surface area contributed by atoms with Crippen molar-refractivity contribution >= 4 is 11.6 Å². The molecule has 1 aromatic carbocycles. The SMILES string of the molecule is NNC(Cc1cccc(Cl)c1F)C1CCCCO1. The topological polar surface area (TPSA) is 47.3 Å². The van der Waals surface area contributed by atoms with Crippen LogP contribution >= 0.6 is 11.6 Å². The van der Waals surface area contributed by atoms with E-state index in [2.05, 4.69) is 5.43 Å². The minimum Gasteiger partial charge on any atom is -0.377 e. The number of hydrogen-bond donors (Lipinski definition) is 2. The average Bonchev–Trinajstić information content (AvgIpc) is 2.41. The number of hydrazine groups is 1. The number of ether oxygens (including phenoxy) is 1. The Hall–Kier alpha value is -0.680. The molecule has 0 saturated carbocycles. The molecule has 5 heteroatoms. The molecule has 0 amide bonds. The Kier molecular flexibility index (Phi) is 4.95. The van der Waals surface area contributed by atoms with Crippen molar-refractivity contribution in [1.82, 2.24) is 5.43 Å². The Morgan fingerprint density at radius 1 is 1.50 bits per heavy atom. The van der Waals surface area contributed by atoms with Gasteiger partial charge >= 0.3 is 0 Å². The van der Waals surface area contributed by atoms with Gasteiger partial charge in [-0.2, -0.15) is 0 Å². The average molecular weight is 273 g/mol. The number of halogens is 2. The Labute approximate surface area is 111 Å². The van der Waals surface area contributed by atoms with Crippen LogP contribution in [-0.4, -0.2) is 18.8 Å². The molecule has 1 heterocycles. The predicted octanol–water partition coefficient (Wildman–Crippen LogP) is 2.42. The standard InChI is InChI=1S/C13H18ClFN2O/c14-10-5-3-4-9(13(10)15)8-11(17-16)12-6-1-2-7-18-12/h3-5,11-12,17H,1-2,6-8,16H2. The van der Waals surface area contributed by atoms with Crippen molar-refractivity contribution in [1.29, 1.82) is 0 Å². The van der Waals surface area contributed by atoms with Gasteiger partial charge in [0.15, 0.2) is 0 Å². The summed E-state index contributed by atoms with van der Waals surface area (Å²) in [6, 6.07) is 4.94. The van der Waals surface area contributed by atoms with Crippen molar-refractivity contribution in [2.75, 3.05) is 6.61 Å². The molecule has 2 unspecified atom stereocenters. The van der Waals surface area contributed by atoms with Gasteiger partial charge in [-0.05, 0) is 37.3 Å². The second kappa shape index (κ2) is 6.48. The summed E-state index contributed by atoms with van der Waals surface area (Å²) in [5, 5.41) is 0.146. The molecule has 3 N–H and O–H groups in total. The van der Waals surface area contributed by atoms with Crippen LogP contribution in [0.2, 0.25) is 5.02 Å². The summed E-state index contributed by atoms with van der Waals surface area (Å²) in [5.74, 6) is 5.19. The van der Waals surface area contributed by atoms with Gasteiger partial charge in [-0.15, -0.1) is 0 Å². The minimum atomic E-state index is -0.366. The monoisotopic (exact) mass is 272 g/mol. The fraction of sp³-hybridized carbons (Fsp3) is 0.538. The van der Waals surface area contributed by atoms with Crippen molar-refractivity contribution in [2.45, 2.75) is 37.8 Å². The lowest BCUT2D eigenvalue weighted by Crippen LogP contribution is -2.47. The van der Waals surface area contributed by atoms with Gasteiger partial charge in [0.2, 0.25) is 0 Å². The summed E-state index contributed by atoms with van der Waals surface area (Å²) in [4.78, 5) is 0. The van der Waals surface area contributed by atoms with E-state index in [9.17, 15) is 4.39 Å². The fourth-order valence-corrected chi connectivity index (χ4v) is 2.52. The molecule has 18 heavy (non-hydrogen) atoms. The maximum atomic E-state index is 13.8. The van der Waals surface area contributed by atoms with Crippen molar-refractivity contribution < 1.29 is 9.13 Å². The van der Waals surface area contributed by atoms with Crippen LogP contribution in [0.1, 0.15) is 24.8 Å². The molecule has 0 bridgehead atoms. The molecule has 0 radical (unpaired) electrons. The molecular formula is C13H18ClFN2O. The normalized spacial score (nSPS) is 21.8. The maximum absolute atomic E-state index is 13.8. The van der Waals surface area contributed by atoms with Gasteiger partial charge in [0, 0.05) is 6.61 Å². The number of nitrogens with one attached hydrogen (secondary N) is 1. The van der Waals surface area contributed by atoms with Gasteiger partial charge in [0.05, 0.1) is 17.2 Å². The first-order chi connectivity index (χ1) is 8.72. The van der Waals surface area contributed by atoms with Gasteiger partial charge < -0.3 is 4.74 Å². The van der Waals surface area contributed by atoms with Crippen LogP contribution in [0.3, 0.4) is 0 Å². The van der Waals surface area contributed by atoms with Crippen molar-refractivity contribution in [3.05, 3.63) is 34.6 Å². The molecule has 2 atom stereocenters. The number of benzene rings is 1. The molecule has 3 nitrogen and oxygen atoms in total. The first kappa shape index (κ1) is 13.7. The van der Waals surface area contributed by atoms with Gasteiger partial charge in [-0.25, -0.2) is 4.39 Å². The van der Waals surface area contributed by atoms with Crippen LogP contribution in [-0.2, 0) is 11.2 Å². The summed E-state index contributed by atoms with van der Waals surface area (Å²) >= 11 is 5.77. The summed E-state index contributed by atoms with van der Waals surface area (Å²) in [7, 11) is 0. The molecule has 0 aromatic heterocycles. The largest absolute Gasteiger partial charge is 0.377 e. The molecule has 1 saturated heterocycles. The minimum absolute atomic E-state index is 0.0436. The smallest absolute Gasteiger partial charge is 0.145 e. The molecule has 2 rings (SSSR count). The van der Waals surface area contributed by atoms with Crippen LogP contribution in [0.25, 0.3) is 0 Å². The zero-order valence-electron chi connectivity index (χ0n) is 10.2. The first-order valence-corrected chi connectivity index (χ1v) is 6.61. The highest BCUT2D eigenvalue weighted by Crippen LogP contribution is 2.22. The van der Waals surface area contributed by atoms with Gasteiger partial charge in [-0.1, -0.05) is 23.7 Å². The van der Waals surface area contributed by atoms with Crippen molar-refractivity contribution in [3.8, 4) is 0 Å². The quantitative estimate of drug-likeness (QED) is 0.654. The summed E-state index contributed by atoms with van der Waals surface area (Å²) in [5.41, 5.74) is 3.30. The number of rotatable bonds is 4. The maximum Gasteiger partial charge on any atom is 0.145 e. The third kappa shape index (κ3) is 3.20. The zero-order valence-corrected chi connectivity index (χ0v) is 10.9. The first-order valence-electron chi connectivity index (χ1n) is 6.23. The summed E-state index contributed by atoms with van der Waals surface area (Å²) in [6.45, 7) is 0.751. The van der Waals surface area contributed by atoms with Crippen molar-refractivity contribution in [2.24, 2.45) is 5.84 Å². The molecule has 0 spiro atoms. The Morgan fingerprint density at radius 2 is 2.33 bits per heavy atom. The van der Waals surface area contributed by atoms with Crippen molar-refractivity contribution in [3.63, 3.8) is 0 Å². The summed E-state index contributed by atoms with van der Waals surface area (Å²) < 4.78 is 19.5. The van der Waals surface area contributed by atoms with Crippen LogP contribution in [0.4, 0.5) is 4.39 Å². The molecule has 1 aromatic rings. The van der Waals surface area contributed by atoms with E-state index in [-0.39, 0.29) is 23.0 Å². The van der Waals surface area contributed by atoms with Gasteiger partial charge in [0.25, 0.3) is 0 Å². The van der Waals surface area contributed by atoms with E-state index in [4.69, 9.17) is 22.2 Å². The molecule has 100 valence electrons. The Bertz CT molecular complexity index is 397. The van der Waals surface area contributed by atoms with E-state index in [1.807, 2.05) is 0 Å².